The molecule has 0 atom stereocenters. The molecule has 1 N–H and O–H groups in total. The number of halogens is 2. The molecule has 1 saturated heterocycles. The van der Waals surface area contributed by atoms with Gasteiger partial charge in [0.15, 0.2) is 11.5 Å². The maximum atomic E-state index is 13.9. The van der Waals surface area contributed by atoms with Crippen molar-refractivity contribution in [3.63, 3.8) is 0 Å². The van der Waals surface area contributed by atoms with Crippen molar-refractivity contribution in [2.45, 2.75) is 20.1 Å². The van der Waals surface area contributed by atoms with Crippen LogP contribution in [0.25, 0.3) is 0 Å². The van der Waals surface area contributed by atoms with E-state index in [1.807, 2.05) is 19.1 Å². The summed E-state index contributed by atoms with van der Waals surface area (Å²) in [4.78, 5) is 2.38. The molecule has 7 heteroatoms. The SMILES string of the molecule is CCOc1cc(CNCCN2CCOCC2)cc(Cl)c1OCc1ccccc1F. The van der Waals surface area contributed by atoms with Gasteiger partial charge in [-0.05, 0) is 30.7 Å². The Morgan fingerprint density at radius 3 is 2.72 bits per heavy atom. The van der Waals surface area contributed by atoms with Crippen LogP contribution in [0.5, 0.6) is 11.5 Å². The number of ether oxygens (including phenoxy) is 3. The number of nitrogens with zero attached hydrogens (tertiary/aromatic N) is 1. The molecule has 0 saturated carbocycles. The lowest BCUT2D eigenvalue weighted by molar-refractivity contribution is 0.0384. The van der Waals surface area contributed by atoms with Crippen molar-refractivity contribution in [2.75, 3.05) is 46.0 Å². The third-order valence-electron chi connectivity index (χ3n) is 4.74. The second-order valence-electron chi connectivity index (χ2n) is 6.85. The normalized spacial score (nSPS) is 14.7. The van der Waals surface area contributed by atoms with Crippen LogP contribution in [0.4, 0.5) is 4.39 Å². The van der Waals surface area contributed by atoms with Gasteiger partial charge in [0.25, 0.3) is 0 Å². The van der Waals surface area contributed by atoms with Crippen molar-refractivity contribution in [3.8, 4) is 11.5 Å². The summed E-state index contributed by atoms with van der Waals surface area (Å²) in [5.41, 5.74) is 1.48. The Bertz CT molecular complexity index is 785. The number of nitrogens with one attached hydrogen (secondary N) is 1. The Labute approximate surface area is 176 Å². The zero-order valence-electron chi connectivity index (χ0n) is 16.8. The van der Waals surface area contributed by atoms with Gasteiger partial charge in [-0.1, -0.05) is 29.8 Å². The standard InChI is InChI=1S/C22H28ClFN2O3/c1-2-28-21-14-17(15-25-7-8-26-9-11-27-12-10-26)13-19(23)22(21)29-16-18-5-3-4-6-20(18)24/h3-6,13-14,25H,2,7-12,15-16H2,1H3. The monoisotopic (exact) mass is 422 g/mol. The minimum absolute atomic E-state index is 0.0869. The van der Waals surface area contributed by atoms with Gasteiger partial charge in [0.05, 0.1) is 24.8 Å². The number of benzene rings is 2. The van der Waals surface area contributed by atoms with Crippen LogP contribution in [0, 0.1) is 5.82 Å². The molecule has 0 amide bonds. The lowest BCUT2D eigenvalue weighted by atomic mass is 10.2. The average molecular weight is 423 g/mol. The molecule has 0 radical (unpaired) electrons. The molecule has 2 aromatic rings. The quantitative estimate of drug-likeness (QED) is 0.588. The largest absolute Gasteiger partial charge is 0.490 e. The van der Waals surface area contributed by atoms with E-state index in [2.05, 4.69) is 10.2 Å². The summed E-state index contributed by atoms with van der Waals surface area (Å²) < 4.78 is 30.8. The van der Waals surface area contributed by atoms with Gasteiger partial charge < -0.3 is 19.5 Å². The number of rotatable bonds is 10. The van der Waals surface area contributed by atoms with Crippen LogP contribution < -0.4 is 14.8 Å². The van der Waals surface area contributed by atoms with E-state index in [9.17, 15) is 4.39 Å². The molecule has 0 unspecified atom stereocenters. The molecule has 1 aliphatic heterocycles. The van der Waals surface area contributed by atoms with Gasteiger partial charge >= 0.3 is 0 Å². The van der Waals surface area contributed by atoms with Gasteiger partial charge in [-0.2, -0.15) is 0 Å². The zero-order chi connectivity index (χ0) is 20.5. The molecule has 29 heavy (non-hydrogen) atoms. The van der Waals surface area contributed by atoms with Gasteiger partial charge in [0, 0.05) is 38.3 Å². The van der Waals surface area contributed by atoms with Crippen molar-refractivity contribution in [2.24, 2.45) is 0 Å². The summed E-state index contributed by atoms with van der Waals surface area (Å²) in [7, 11) is 0. The molecule has 1 aliphatic rings. The molecule has 1 fully saturated rings. The fourth-order valence-corrected chi connectivity index (χ4v) is 3.47. The van der Waals surface area contributed by atoms with Crippen LogP contribution >= 0.6 is 11.6 Å². The van der Waals surface area contributed by atoms with E-state index in [1.165, 1.54) is 6.07 Å². The van der Waals surface area contributed by atoms with E-state index >= 15 is 0 Å². The summed E-state index contributed by atoms with van der Waals surface area (Å²) in [5.74, 6) is 0.706. The molecule has 3 rings (SSSR count). The van der Waals surface area contributed by atoms with Crippen LogP contribution in [-0.2, 0) is 17.9 Å². The smallest absolute Gasteiger partial charge is 0.180 e. The predicted octanol–water partition coefficient (Wildman–Crippen LogP) is 3.88. The fraction of sp³-hybridized carbons (Fsp3) is 0.455. The summed E-state index contributed by atoms with van der Waals surface area (Å²) in [6, 6.07) is 10.3. The highest BCUT2D eigenvalue weighted by molar-refractivity contribution is 6.32. The molecule has 158 valence electrons. The lowest BCUT2D eigenvalue weighted by Crippen LogP contribution is -2.40. The van der Waals surface area contributed by atoms with Crippen LogP contribution in [0.2, 0.25) is 5.02 Å². The molecule has 0 aromatic heterocycles. The van der Waals surface area contributed by atoms with E-state index in [4.69, 9.17) is 25.8 Å². The first-order valence-corrected chi connectivity index (χ1v) is 10.4. The summed E-state index contributed by atoms with van der Waals surface area (Å²) in [6.07, 6.45) is 0. The Morgan fingerprint density at radius 2 is 1.97 bits per heavy atom. The third kappa shape index (κ3) is 6.57. The van der Waals surface area contributed by atoms with Gasteiger partial charge in [0.1, 0.15) is 12.4 Å². The minimum Gasteiger partial charge on any atom is -0.490 e. The van der Waals surface area contributed by atoms with Crippen LogP contribution in [0.3, 0.4) is 0 Å². The van der Waals surface area contributed by atoms with E-state index in [-0.39, 0.29) is 12.4 Å². The van der Waals surface area contributed by atoms with Crippen molar-refractivity contribution < 1.29 is 18.6 Å². The molecule has 5 nitrogen and oxygen atoms in total. The molecular formula is C22H28ClFN2O3. The highest BCUT2D eigenvalue weighted by atomic mass is 35.5. The van der Waals surface area contributed by atoms with Crippen molar-refractivity contribution in [3.05, 3.63) is 58.4 Å². The molecular weight excluding hydrogens is 395 g/mol. The maximum Gasteiger partial charge on any atom is 0.180 e. The van der Waals surface area contributed by atoms with E-state index in [1.54, 1.807) is 18.2 Å². The highest BCUT2D eigenvalue weighted by Crippen LogP contribution is 2.37. The third-order valence-corrected chi connectivity index (χ3v) is 5.02. The number of hydrogen-bond donors (Lipinski definition) is 1. The number of hydrogen-bond acceptors (Lipinski definition) is 5. The lowest BCUT2D eigenvalue weighted by Gasteiger charge is -2.26. The first-order chi connectivity index (χ1) is 14.2. The van der Waals surface area contributed by atoms with E-state index in [0.29, 0.717) is 35.2 Å². The van der Waals surface area contributed by atoms with E-state index < -0.39 is 0 Å². The van der Waals surface area contributed by atoms with Gasteiger partial charge in [0.2, 0.25) is 0 Å². The molecule has 1 heterocycles. The topological polar surface area (TPSA) is 43.0 Å². The van der Waals surface area contributed by atoms with Crippen LogP contribution in [0.1, 0.15) is 18.1 Å². The molecule has 2 aromatic carbocycles. The first-order valence-electron chi connectivity index (χ1n) is 9.99. The zero-order valence-corrected chi connectivity index (χ0v) is 17.5. The minimum atomic E-state index is -0.303. The van der Waals surface area contributed by atoms with Gasteiger partial charge in [-0.15, -0.1) is 0 Å². The highest BCUT2D eigenvalue weighted by Gasteiger charge is 2.14. The second kappa shape index (κ2) is 11.4. The van der Waals surface area contributed by atoms with Crippen molar-refractivity contribution in [1.29, 1.82) is 0 Å². The Balaban J connectivity index is 1.58. The first kappa shape index (κ1) is 21.8. The van der Waals surface area contributed by atoms with Crippen molar-refractivity contribution in [1.82, 2.24) is 10.2 Å². The number of morpholine rings is 1. The second-order valence-corrected chi connectivity index (χ2v) is 7.26. The Kier molecular flexibility index (Phi) is 8.55. The summed E-state index contributed by atoms with van der Waals surface area (Å²) in [6.45, 7) is 8.60. The molecule has 0 aliphatic carbocycles. The van der Waals surface area contributed by atoms with Crippen LogP contribution in [-0.4, -0.2) is 50.9 Å². The maximum absolute atomic E-state index is 13.9. The molecule has 0 bridgehead atoms. The Morgan fingerprint density at radius 1 is 1.17 bits per heavy atom. The summed E-state index contributed by atoms with van der Waals surface area (Å²) in [5, 5.41) is 3.90. The summed E-state index contributed by atoms with van der Waals surface area (Å²) >= 11 is 6.46. The van der Waals surface area contributed by atoms with E-state index in [0.717, 1.165) is 45.0 Å². The van der Waals surface area contributed by atoms with Gasteiger partial charge in [-0.3, -0.25) is 4.90 Å². The van der Waals surface area contributed by atoms with Crippen LogP contribution in [0.15, 0.2) is 36.4 Å². The Hall–Kier alpha value is -1.86. The average Bonchev–Trinajstić information content (AvgIpc) is 2.73. The molecule has 0 spiro atoms. The fourth-order valence-electron chi connectivity index (χ4n) is 3.19. The van der Waals surface area contributed by atoms with Crippen molar-refractivity contribution >= 4 is 11.6 Å². The predicted molar refractivity (Wildman–Crippen MR) is 112 cm³/mol. The van der Waals surface area contributed by atoms with Gasteiger partial charge in [-0.25, -0.2) is 4.39 Å².